The van der Waals surface area contributed by atoms with Crippen LogP contribution in [0, 0.1) is 11.7 Å². The number of piperidine rings is 1. The van der Waals surface area contributed by atoms with Gasteiger partial charge in [0.15, 0.2) is 6.61 Å². The van der Waals surface area contributed by atoms with Crippen LogP contribution in [0.25, 0.3) is 0 Å². The Labute approximate surface area is 163 Å². The molecule has 28 heavy (non-hydrogen) atoms. The third-order valence-corrected chi connectivity index (χ3v) is 4.74. The monoisotopic (exact) mass is 386 g/mol. The zero-order valence-electron chi connectivity index (χ0n) is 15.7. The Hall–Kier alpha value is -3.09. The number of amides is 2. The standard InChI is InChI=1S/C21H23FN2O4/c1-27-19-8-3-2-7-18(19)23-21(26)15-9-11-24(12-10-15)20(25)14-28-17-6-4-5-16(22)13-17/h2-8,13,15H,9-12,14H2,1H3,(H,23,26). The highest BCUT2D eigenvalue weighted by Gasteiger charge is 2.28. The first kappa shape index (κ1) is 19.7. The van der Waals surface area contributed by atoms with Gasteiger partial charge in [0.2, 0.25) is 5.91 Å². The summed E-state index contributed by atoms with van der Waals surface area (Å²) in [5, 5.41) is 2.90. The van der Waals surface area contributed by atoms with Crippen LogP contribution < -0.4 is 14.8 Å². The van der Waals surface area contributed by atoms with Crippen LogP contribution in [-0.2, 0) is 9.59 Å². The second-order valence-electron chi connectivity index (χ2n) is 6.59. The van der Waals surface area contributed by atoms with Crippen molar-refractivity contribution in [2.75, 3.05) is 32.1 Å². The molecule has 1 heterocycles. The summed E-state index contributed by atoms with van der Waals surface area (Å²) in [5.41, 5.74) is 0.636. The number of methoxy groups -OCH3 is 1. The molecule has 0 saturated carbocycles. The van der Waals surface area contributed by atoms with E-state index in [0.29, 0.717) is 43.1 Å². The average Bonchev–Trinajstić information content (AvgIpc) is 2.72. The largest absolute Gasteiger partial charge is 0.495 e. The fourth-order valence-corrected chi connectivity index (χ4v) is 3.17. The summed E-state index contributed by atoms with van der Waals surface area (Å²) >= 11 is 0. The number of carbonyl (C=O) groups excluding carboxylic acids is 2. The number of nitrogens with one attached hydrogen (secondary N) is 1. The number of nitrogens with zero attached hydrogens (tertiary/aromatic N) is 1. The molecule has 0 radical (unpaired) electrons. The minimum absolute atomic E-state index is 0.0763. The van der Waals surface area contributed by atoms with E-state index in [9.17, 15) is 14.0 Å². The molecule has 0 unspecified atom stereocenters. The van der Waals surface area contributed by atoms with Gasteiger partial charge < -0.3 is 19.7 Å². The third-order valence-electron chi connectivity index (χ3n) is 4.74. The zero-order chi connectivity index (χ0) is 19.9. The molecule has 2 aromatic rings. The molecule has 0 aliphatic carbocycles. The van der Waals surface area contributed by atoms with E-state index >= 15 is 0 Å². The first-order chi connectivity index (χ1) is 13.6. The van der Waals surface area contributed by atoms with E-state index in [1.54, 1.807) is 30.2 Å². The lowest BCUT2D eigenvalue weighted by Crippen LogP contribution is -2.43. The van der Waals surface area contributed by atoms with Gasteiger partial charge >= 0.3 is 0 Å². The van der Waals surface area contributed by atoms with Crippen molar-refractivity contribution in [3.05, 3.63) is 54.3 Å². The molecule has 1 fully saturated rings. The number of ether oxygens (including phenoxy) is 2. The van der Waals surface area contributed by atoms with E-state index in [0.717, 1.165) is 0 Å². The number of para-hydroxylation sites is 2. The second kappa shape index (κ2) is 9.21. The Morgan fingerprint density at radius 1 is 1.14 bits per heavy atom. The summed E-state index contributed by atoms with van der Waals surface area (Å²) in [6, 6.07) is 12.9. The number of benzene rings is 2. The van der Waals surface area contributed by atoms with Crippen molar-refractivity contribution in [1.29, 1.82) is 0 Å². The maximum absolute atomic E-state index is 13.1. The summed E-state index contributed by atoms with van der Waals surface area (Å²) in [7, 11) is 1.56. The fraction of sp³-hybridized carbons (Fsp3) is 0.333. The Kier molecular flexibility index (Phi) is 6.47. The summed E-state index contributed by atoms with van der Waals surface area (Å²) in [5.74, 6) is 0.0998. The van der Waals surface area contributed by atoms with E-state index in [4.69, 9.17) is 9.47 Å². The number of hydrogen-bond acceptors (Lipinski definition) is 4. The second-order valence-corrected chi connectivity index (χ2v) is 6.59. The maximum Gasteiger partial charge on any atom is 0.260 e. The smallest absolute Gasteiger partial charge is 0.260 e. The number of rotatable bonds is 6. The quantitative estimate of drug-likeness (QED) is 0.829. The number of halogens is 1. The Balaban J connectivity index is 1.47. The van der Waals surface area contributed by atoms with Gasteiger partial charge in [-0.25, -0.2) is 4.39 Å². The molecule has 0 bridgehead atoms. The Bertz CT molecular complexity index is 835. The highest BCUT2D eigenvalue weighted by molar-refractivity contribution is 5.94. The molecule has 7 heteroatoms. The predicted octanol–water partition coefficient (Wildman–Crippen LogP) is 3.09. The number of likely N-dealkylation sites (tertiary alicyclic amines) is 1. The van der Waals surface area contributed by atoms with Gasteiger partial charge in [0.25, 0.3) is 5.91 Å². The van der Waals surface area contributed by atoms with Gasteiger partial charge in [0.1, 0.15) is 17.3 Å². The number of carbonyl (C=O) groups is 2. The van der Waals surface area contributed by atoms with Crippen LogP contribution in [0.3, 0.4) is 0 Å². The van der Waals surface area contributed by atoms with Gasteiger partial charge in [0.05, 0.1) is 12.8 Å². The number of anilines is 1. The molecule has 6 nitrogen and oxygen atoms in total. The van der Waals surface area contributed by atoms with Crippen LogP contribution in [0.4, 0.5) is 10.1 Å². The van der Waals surface area contributed by atoms with Crippen LogP contribution in [0.2, 0.25) is 0 Å². The number of hydrogen-bond donors (Lipinski definition) is 1. The topological polar surface area (TPSA) is 67.9 Å². The average molecular weight is 386 g/mol. The van der Waals surface area contributed by atoms with Gasteiger partial charge in [-0.15, -0.1) is 0 Å². The van der Waals surface area contributed by atoms with Crippen LogP contribution >= 0.6 is 0 Å². The molecule has 1 aliphatic rings. The van der Waals surface area contributed by atoms with Crippen LogP contribution in [0.5, 0.6) is 11.5 Å². The molecular formula is C21H23FN2O4. The molecule has 1 N–H and O–H groups in total. The van der Waals surface area contributed by atoms with E-state index in [-0.39, 0.29) is 24.3 Å². The third kappa shape index (κ3) is 5.00. The lowest BCUT2D eigenvalue weighted by molar-refractivity contribution is -0.136. The van der Waals surface area contributed by atoms with Crippen LogP contribution in [0.1, 0.15) is 12.8 Å². The van der Waals surface area contributed by atoms with Gasteiger partial charge in [-0.1, -0.05) is 18.2 Å². The van der Waals surface area contributed by atoms with Crippen LogP contribution in [0.15, 0.2) is 48.5 Å². The lowest BCUT2D eigenvalue weighted by Gasteiger charge is -2.31. The predicted molar refractivity (Wildman–Crippen MR) is 103 cm³/mol. The maximum atomic E-state index is 13.1. The van der Waals surface area contributed by atoms with Gasteiger partial charge in [0, 0.05) is 25.1 Å². The minimum Gasteiger partial charge on any atom is -0.495 e. The summed E-state index contributed by atoms with van der Waals surface area (Å²) in [6.07, 6.45) is 1.15. The van der Waals surface area contributed by atoms with E-state index in [1.807, 2.05) is 12.1 Å². The molecule has 0 atom stereocenters. The molecule has 148 valence electrons. The lowest BCUT2D eigenvalue weighted by atomic mass is 9.95. The van der Waals surface area contributed by atoms with Gasteiger partial charge in [-0.3, -0.25) is 9.59 Å². The first-order valence-electron chi connectivity index (χ1n) is 9.17. The SMILES string of the molecule is COc1ccccc1NC(=O)C1CCN(C(=O)COc2cccc(F)c2)CC1. The fourth-order valence-electron chi connectivity index (χ4n) is 3.17. The molecule has 2 aromatic carbocycles. The summed E-state index contributed by atoms with van der Waals surface area (Å²) < 4.78 is 23.8. The highest BCUT2D eigenvalue weighted by atomic mass is 19.1. The van der Waals surface area contributed by atoms with Crippen molar-refractivity contribution >= 4 is 17.5 Å². The van der Waals surface area contributed by atoms with E-state index < -0.39 is 5.82 Å². The summed E-state index contributed by atoms with van der Waals surface area (Å²) in [4.78, 5) is 26.5. The highest BCUT2D eigenvalue weighted by Crippen LogP contribution is 2.26. The van der Waals surface area contributed by atoms with Crippen molar-refractivity contribution in [3.8, 4) is 11.5 Å². The molecule has 3 rings (SSSR count). The normalized spacial score (nSPS) is 14.4. The molecule has 1 saturated heterocycles. The van der Waals surface area contributed by atoms with Crippen molar-refractivity contribution in [1.82, 2.24) is 4.90 Å². The molecule has 2 amide bonds. The van der Waals surface area contributed by atoms with E-state index in [1.165, 1.54) is 18.2 Å². The van der Waals surface area contributed by atoms with Gasteiger partial charge in [-0.2, -0.15) is 0 Å². The molecule has 0 spiro atoms. The Morgan fingerprint density at radius 2 is 1.89 bits per heavy atom. The van der Waals surface area contributed by atoms with Crippen molar-refractivity contribution < 1.29 is 23.5 Å². The molecular weight excluding hydrogens is 363 g/mol. The first-order valence-corrected chi connectivity index (χ1v) is 9.17. The van der Waals surface area contributed by atoms with Crippen molar-refractivity contribution in [2.24, 2.45) is 5.92 Å². The Morgan fingerprint density at radius 3 is 2.61 bits per heavy atom. The van der Waals surface area contributed by atoms with Gasteiger partial charge in [-0.05, 0) is 37.1 Å². The summed E-state index contributed by atoms with van der Waals surface area (Å²) in [6.45, 7) is 0.812. The molecule has 0 aromatic heterocycles. The molecule has 1 aliphatic heterocycles. The zero-order valence-corrected chi connectivity index (χ0v) is 15.7. The van der Waals surface area contributed by atoms with E-state index in [2.05, 4.69) is 5.32 Å². The van der Waals surface area contributed by atoms with Crippen molar-refractivity contribution in [2.45, 2.75) is 12.8 Å². The van der Waals surface area contributed by atoms with Crippen LogP contribution in [-0.4, -0.2) is 43.5 Å². The van der Waals surface area contributed by atoms with Crippen molar-refractivity contribution in [3.63, 3.8) is 0 Å². The minimum atomic E-state index is -0.410.